The fourth-order valence-electron chi connectivity index (χ4n) is 3.20. The van der Waals surface area contributed by atoms with Crippen molar-refractivity contribution in [2.45, 2.75) is 33.6 Å². The van der Waals surface area contributed by atoms with Crippen molar-refractivity contribution in [1.29, 1.82) is 0 Å². The van der Waals surface area contributed by atoms with Crippen LogP contribution >= 0.6 is 11.6 Å². The number of benzene rings is 1. The summed E-state index contributed by atoms with van der Waals surface area (Å²) in [5.74, 6) is 1.77. The number of halogens is 1. The van der Waals surface area contributed by atoms with Crippen LogP contribution in [0.3, 0.4) is 0 Å². The van der Waals surface area contributed by atoms with Crippen LogP contribution in [0.25, 0.3) is 10.8 Å². The third-order valence-corrected chi connectivity index (χ3v) is 5.42. The monoisotopic (exact) mass is 366 g/mol. The lowest BCUT2D eigenvalue weighted by molar-refractivity contribution is 0.452. The molecule has 5 heteroatoms. The molecule has 0 N–H and O–H groups in total. The summed E-state index contributed by atoms with van der Waals surface area (Å²) in [5.41, 5.74) is 2.51. The maximum atomic E-state index is 11.3. The maximum absolute atomic E-state index is 11.3. The van der Waals surface area contributed by atoms with E-state index in [2.05, 4.69) is 35.9 Å². The van der Waals surface area contributed by atoms with Crippen LogP contribution in [0, 0.1) is 5.92 Å². The van der Waals surface area contributed by atoms with Gasteiger partial charge in [0.15, 0.2) is 0 Å². The predicted octanol–water partition coefficient (Wildman–Crippen LogP) is 4.85. The second-order valence-corrected chi connectivity index (χ2v) is 8.26. The molecule has 1 aliphatic heterocycles. The van der Waals surface area contributed by atoms with Gasteiger partial charge in [-0.2, -0.15) is 0 Å². The minimum Gasteiger partial charge on any atom is -0.370 e. The van der Waals surface area contributed by atoms with E-state index in [4.69, 9.17) is 11.6 Å². The molecule has 132 valence electrons. The SMILES string of the molecule is CC.CC(C)c1ccc(N2CC(CS(C)=O)C2)c2cnc(Cl)cc12. The highest BCUT2D eigenvalue weighted by atomic mass is 35.5. The number of hydrogen-bond acceptors (Lipinski definition) is 3. The lowest BCUT2D eigenvalue weighted by Gasteiger charge is -2.41. The van der Waals surface area contributed by atoms with E-state index < -0.39 is 10.8 Å². The molecule has 1 aromatic carbocycles. The summed E-state index contributed by atoms with van der Waals surface area (Å²) in [6, 6.07) is 6.35. The van der Waals surface area contributed by atoms with E-state index in [1.807, 2.05) is 26.1 Å². The van der Waals surface area contributed by atoms with Crippen molar-refractivity contribution in [3.63, 3.8) is 0 Å². The van der Waals surface area contributed by atoms with E-state index in [1.165, 1.54) is 16.6 Å². The molecule has 0 bridgehead atoms. The van der Waals surface area contributed by atoms with Gasteiger partial charge in [-0.15, -0.1) is 0 Å². The van der Waals surface area contributed by atoms with E-state index in [9.17, 15) is 4.21 Å². The first-order chi connectivity index (χ1) is 11.5. The Kier molecular flexibility index (Phi) is 6.64. The van der Waals surface area contributed by atoms with E-state index in [0.29, 0.717) is 17.0 Å². The summed E-state index contributed by atoms with van der Waals surface area (Å²) < 4.78 is 11.3. The largest absolute Gasteiger partial charge is 0.370 e. The normalized spacial score (nSPS) is 15.9. The summed E-state index contributed by atoms with van der Waals surface area (Å²) in [6.45, 7) is 10.3. The highest BCUT2D eigenvalue weighted by Gasteiger charge is 2.29. The summed E-state index contributed by atoms with van der Waals surface area (Å²) >= 11 is 6.10. The van der Waals surface area contributed by atoms with Crippen LogP contribution in [-0.2, 0) is 10.8 Å². The molecule has 1 saturated heterocycles. The lowest BCUT2D eigenvalue weighted by atomic mass is 9.94. The van der Waals surface area contributed by atoms with Gasteiger partial charge in [0, 0.05) is 59.1 Å². The highest BCUT2D eigenvalue weighted by molar-refractivity contribution is 7.84. The Morgan fingerprint density at radius 2 is 1.96 bits per heavy atom. The molecular formula is C19H27ClN2OS. The van der Waals surface area contributed by atoms with Gasteiger partial charge in [-0.3, -0.25) is 4.21 Å². The molecule has 2 heterocycles. The molecule has 24 heavy (non-hydrogen) atoms. The summed E-state index contributed by atoms with van der Waals surface area (Å²) in [5, 5.41) is 2.89. The van der Waals surface area contributed by atoms with Crippen molar-refractivity contribution in [2.75, 3.05) is 30.0 Å². The molecule has 1 fully saturated rings. The molecule has 0 radical (unpaired) electrons. The van der Waals surface area contributed by atoms with Crippen molar-refractivity contribution in [3.05, 3.63) is 35.1 Å². The van der Waals surface area contributed by atoms with Crippen molar-refractivity contribution in [1.82, 2.24) is 4.98 Å². The lowest BCUT2D eigenvalue weighted by Crippen LogP contribution is -2.49. The van der Waals surface area contributed by atoms with Crippen molar-refractivity contribution in [2.24, 2.45) is 5.92 Å². The molecule has 0 aliphatic carbocycles. The Balaban J connectivity index is 0.00000100. The summed E-state index contributed by atoms with van der Waals surface area (Å²) in [6.07, 6.45) is 3.66. The van der Waals surface area contributed by atoms with Crippen LogP contribution in [0.15, 0.2) is 24.4 Å². The van der Waals surface area contributed by atoms with Crippen molar-refractivity contribution < 1.29 is 4.21 Å². The fraction of sp³-hybridized carbons (Fsp3) is 0.526. The third kappa shape index (κ3) is 4.09. The van der Waals surface area contributed by atoms with Gasteiger partial charge in [-0.05, 0) is 29.0 Å². The Hall–Kier alpha value is -1.13. The Morgan fingerprint density at radius 3 is 2.54 bits per heavy atom. The first-order valence-corrected chi connectivity index (χ1v) is 10.7. The van der Waals surface area contributed by atoms with Crippen LogP contribution in [0.4, 0.5) is 5.69 Å². The van der Waals surface area contributed by atoms with E-state index in [1.54, 1.807) is 6.26 Å². The Labute approximate surface area is 152 Å². The zero-order valence-corrected chi connectivity index (χ0v) is 16.7. The number of pyridine rings is 1. The third-order valence-electron chi connectivity index (χ3n) is 4.27. The number of rotatable bonds is 4. The molecule has 0 spiro atoms. The summed E-state index contributed by atoms with van der Waals surface area (Å²) in [4.78, 5) is 6.61. The Morgan fingerprint density at radius 1 is 1.29 bits per heavy atom. The van der Waals surface area contributed by atoms with Gasteiger partial charge < -0.3 is 4.90 Å². The van der Waals surface area contributed by atoms with Crippen LogP contribution in [0.1, 0.15) is 39.2 Å². The summed E-state index contributed by atoms with van der Waals surface area (Å²) in [7, 11) is -0.712. The number of aromatic nitrogens is 1. The molecule has 1 aliphatic rings. The molecule has 2 aromatic rings. The standard InChI is InChI=1S/C17H21ClN2OS.C2H6/c1-11(2)13-4-5-16(15-7-19-17(18)6-14(13)15)20-8-12(9-20)10-22(3)21;1-2/h4-7,11-12H,8-10H2,1-3H3;1-2H3. The van der Waals surface area contributed by atoms with Gasteiger partial charge in [0.05, 0.1) is 0 Å². The first kappa shape index (κ1) is 19.2. The average molecular weight is 367 g/mol. The van der Waals surface area contributed by atoms with Gasteiger partial charge in [0.25, 0.3) is 0 Å². The van der Waals surface area contributed by atoms with Gasteiger partial charge in [-0.1, -0.05) is 45.4 Å². The highest BCUT2D eigenvalue weighted by Crippen LogP contribution is 2.36. The minimum atomic E-state index is -0.712. The minimum absolute atomic E-state index is 0.446. The smallest absolute Gasteiger partial charge is 0.129 e. The van der Waals surface area contributed by atoms with Gasteiger partial charge in [0.1, 0.15) is 5.15 Å². The van der Waals surface area contributed by atoms with Crippen LogP contribution in [0.2, 0.25) is 5.15 Å². The van der Waals surface area contributed by atoms with Gasteiger partial charge in [-0.25, -0.2) is 4.98 Å². The molecule has 0 amide bonds. The van der Waals surface area contributed by atoms with E-state index in [0.717, 1.165) is 24.2 Å². The number of nitrogens with zero attached hydrogens (tertiary/aromatic N) is 2. The zero-order chi connectivity index (χ0) is 17.9. The molecule has 1 atom stereocenters. The molecule has 3 nitrogen and oxygen atoms in total. The average Bonchev–Trinajstić information content (AvgIpc) is 2.51. The number of fused-ring (bicyclic) bond motifs is 1. The number of hydrogen-bond donors (Lipinski definition) is 0. The molecule has 3 rings (SSSR count). The predicted molar refractivity (Wildman–Crippen MR) is 107 cm³/mol. The Bertz CT molecular complexity index is 727. The maximum Gasteiger partial charge on any atom is 0.129 e. The second-order valence-electron chi connectivity index (χ2n) is 6.39. The topological polar surface area (TPSA) is 33.2 Å². The zero-order valence-electron chi connectivity index (χ0n) is 15.2. The van der Waals surface area contributed by atoms with E-state index >= 15 is 0 Å². The molecule has 1 unspecified atom stereocenters. The van der Waals surface area contributed by atoms with Gasteiger partial charge >= 0.3 is 0 Å². The van der Waals surface area contributed by atoms with Crippen molar-refractivity contribution in [3.8, 4) is 0 Å². The van der Waals surface area contributed by atoms with E-state index in [-0.39, 0.29) is 0 Å². The molecule has 1 aromatic heterocycles. The molecular weight excluding hydrogens is 340 g/mol. The molecule has 0 saturated carbocycles. The first-order valence-electron chi connectivity index (χ1n) is 8.59. The van der Waals surface area contributed by atoms with Gasteiger partial charge in [0.2, 0.25) is 0 Å². The quantitative estimate of drug-likeness (QED) is 0.725. The fourth-order valence-corrected chi connectivity index (χ4v) is 4.24. The number of anilines is 1. The van der Waals surface area contributed by atoms with Crippen molar-refractivity contribution >= 4 is 38.9 Å². The van der Waals surface area contributed by atoms with Crippen LogP contribution in [-0.4, -0.2) is 34.3 Å². The second kappa shape index (κ2) is 8.30. The van der Waals surface area contributed by atoms with Crippen LogP contribution < -0.4 is 4.90 Å². The van der Waals surface area contributed by atoms with Crippen LogP contribution in [0.5, 0.6) is 0 Å².